The predicted molar refractivity (Wildman–Crippen MR) is 69.0 cm³/mol. The smallest absolute Gasteiger partial charge is 0.225 e. The van der Waals surface area contributed by atoms with E-state index in [1.807, 2.05) is 38.2 Å². The highest BCUT2D eigenvalue weighted by atomic mass is 15.1. The minimum atomic E-state index is 0.611. The summed E-state index contributed by atoms with van der Waals surface area (Å²) < 4.78 is 0. The maximum Gasteiger partial charge on any atom is 0.225 e. The molecule has 0 aliphatic heterocycles. The highest BCUT2D eigenvalue weighted by Gasteiger charge is 2.05. The maximum atomic E-state index is 4.42. The van der Waals surface area contributed by atoms with Crippen molar-refractivity contribution in [3.63, 3.8) is 0 Å². The van der Waals surface area contributed by atoms with Crippen LogP contribution in [0.5, 0.6) is 0 Å². The number of anilines is 2. The van der Waals surface area contributed by atoms with Gasteiger partial charge in [0.1, 0.15) is 5.82 Å². The van der Waals surface area contributed by atoms with E-state index < -0.39 is 0 Å². The Labute approximate surface area is 100 Å². The lowest BCUT2D eigenvalue weighted by molar-refractivity contribution is 1.08. The molecule has 2 N–H and O–H groups in total. The number of hydrogen-bond acceptors (Lipinski definition) is 5. The molecule has 0 radical (unpaired) electrons. The lowest BCUT2D eigenvalue weighted by Crippen LogP contribution is -2.05. The standard InChI is InChI=1S/C12H15N5/c1-3-14-12-16-10(8-11(13-2)17-12)9-6-4-5-7-15-9/h4-8H,3H2,1-2H3,(H2,13,14,16,17). The zero-order valence-electron chi connectivity index (χ0n) is 9.94. The molecule has 2 heterocycles. The van der Waals surface area contributed by atoms with E-state index in [4.69, 9.17) is 0 Å². The van der Waals surface area contributed by atoms with Crippen molar-refractivity contribution < 1.29 is 0 Å². The summed E-state index contributed by atoms with van der Waals surface area (Å²) in [6.07, 6.45) is 1.75. The van der Waals surface area contributed by atoms with Crippen molar-refractivity contribution in [2.24, 2.45) is 0 Å². The van der Waals surface area contributed by atoms with Crippen molar-refractivity contribution >= 4 is 11.8 Å². The van der Waals surface area contributed by atoms with Crippen LogP contribution in [0, 0.1) is 0 Å². The monoisotopic (exact) mass is 229 g/mol. The number of nitrogens with one attached hydrogen (secondary N) is 2. The van der Waals surface area contributed by atoms with E-state index in [0.717, 1.165) is 23.8 Å². The fourth-order valence-corrected chi connectivity index (χ4v) is 1.46. The summed E-state index contributed by atoms with van der Waals surface area (Å²) in [4.78, 5) is 13.0. The highest BCUT2D eigenvalue weighted by Crippen LogP contribution is 2.18. The van der Waals surface area contributed by atoms with Gasteiger partial charge in [-0.2, -0.15) is 4.98 Å². The van der Waals surface area contributed by atoms with Gasteiger partial charge in [0.15, 0.2) is 0 Å². The van der Waals surface area contributed by atoms with Gasteiger partial charge in [-0.15, -0.1) is 0 Å². The molecule has 0 spiro atoms. The van der Waals surface area contributed by atoms with Gasteiger partial charge >= 0.3 is 0 Å². The number of pyridine rings is 1. The highest BCUT2D eigenvalue weighted by molar-refractivity contribution is 5.60. The molecule has 2 rings (SSSR count). The summed E-state index contributed by atoms with van der Waals surface area (Å²) in [6.45, 7) is 2.80. The molecule has 0 saturated carbocycles. The zero-order chi connectivity index (χ0) is 12.1. The van der Waals surface area contributed by atoms with Gasteiger partial charge in [-0.05, 0) is 19.1 Å². The quantitative estimate of drug-likeness (QED) is 0.839. The number of nitrogens with zero attached hydrogens (tertiary/aromatic N) is 3. The van der Waals surface area contributed by atoms with E-state index in [9.17, 15) is 0 Å². The maximum absolute atomic E-state index is 4.42. The summed E-state index contributed by atoms with van der Waals surface area (Å²) in [7, 11) is 1.83. The third kappa shape index (κ3) is 2.69. The van der Waals surface area contributed by atoms with E-state index in [1.165, 1.54) is 0 Å². The topological polar surface area (TPSA) is 62.7 Å². The molecule has 88 valence electrons. The molecule has 17 heavy (non-hydrogen) atoms. The number of aromatic nitrogens is 3. The molecule has 0 atom stereocenters. The van der Waals surface area contributed by atoms with Gasteiger partial charge in [-0.3, -0.25) is 4.98 Å². The van der Waals surface area contributed by atoms with Gasteiger partial charge in [-0.25, -0.2) is 4.98 Å². The zero-order valence-corrected chi connectivity index (χ0v) is 9.94. The molecule has 0 bridgehead atoms. The summed E-state index contributed by atoms with van der Waals surface area (Å²) >= 11 is 0. The second-order valence-corrected chi connectivity index (χ2v) is 3.46. The van der Waals surface area contributed by atoms with Crippen LogP contribution in [0.4, 0.5) is 11.8 Å². The summed E-state index contributed by atoms with van der Waals surface area (Å²) in [5, 5.41) is 6.12. The fourth-order valence-electron chi connectivity index (χ4n) is 1.46. The molecule has 0 aliphatic carbocycles. The van der Waals surface area contributed by atoms with Crippen molar-refractivity contribution in [1.82, 2.24) is 15.0 Å². The van der Waals surface area contributed by atoms with Crippen LogP contribution in [0.1, 0.15) is 6.92 Å². The average Bonchev–Trinajstić information content (AvgIpc) is 2.40. The third-order valence-corrected chi connectivity index (χ3v) is 2.24. The van der Waals surface area contributed by atoms with E-state index >= 15 is 0 Å². The minimum Gasteiger partial charge on any atom is -0.373 e. The molecule has 5 nitrogen and oxygen atoms in total. The lowest BCUT2D eigenvalue weighted by Gasteiger charge is -2.07. The van der Waals surface area contributed by atoms with Crippen molar-refractivity contribution in [3.05, 3.63) is 30.5 Å². The molecule has 0 amide bonds. The van der Waals surface area contributed by atoms with Gasteiger partial charge in [0.25, 0.3) is 0 Å². The van der Waals surface area contributed by atoms with E-state index in [2.05, 4.69) is 25.6 Å². The Hall–Kier alpha value is -2.17. The van der Waals surface area contributed by atoms with E-state index in [-0.39, 0.29) is 0 Å². The molecule has 0 unspecified atom stereocenters. The fraction of sp³-hybridized carbons (Fsp3) is 0.250. The van der Waals surface area contributed by atoms with Crippen LogP contribution in [-0.4, -0.2) is 28.5 Å². The lowest BCUT2D eigenvalue weighted by atomic mass is 10.2. The molecule has 0 saturated heterocycles. The van der Waals surface area contributed by atoms with Crippen LogP contribution in [0.25, 0.3) is 11.4 Å². The SMILES string of the molecule is CCNc1nc(NC)cc(-c2ccccn2)n1. The van der Waals surface area contributed by atoms with Crippen LogP contribution in [0.2, 0.25) is 0 Å². The molecule has 0 fully saturated rings. The van der Waals surface area contributed by atoms with Gasteiger partial charge < -0.3 is 10.6 Å². The first kappa shape index (κ1) is 11.3. The Morgan fingerprint density at radius 2 is 2.06 bits per heavy atom. The van der Waals surface area contributed by atoms with Crippen molar-refractivity contribution in [1.29, 1.82) is 0 Å². The Morgan fingerprint density at radius 1 is 1.18 bits per heavy atom. The Morgan fingerprint density at radius 3 is 2.71 bits per heavy atom. The van der Waals surface area contributed by atoms with Crippen molar-refractivity contribution in [2.45, 2.75) is 6.92 Å². The Kier molecular flexibility index (Phi) is 3.49. The minimum absolute atomic E-state index is 0.611. The van der Waals surface area contributed by atoms with Gasteiger partial charge in [-0.1, -0.05) is 6.07 Å². The van der Waals surface area contributed by atoms with Crippen molar-refractivity contribution in [3.8, 4) is 11.4 Å². The van der Waals surface area contributed by atoms with Gasteiger partial charge in [0.2, 0.25) is 5.95 Å². The second-order valence-electron chi connectivity index (χ2n) is 3.46. The molecule has 0 aromatic carbocycles. The molecule has 0 aliphatic rings. The average molecular weight is 229 g/mol. The van der Waals surface area contributed by atoms with Crippen LogP contribution < -0.4 is 10.6 Å². The van der Waals surface area contributed by atoms with E-state index in [0.29, 0.717) is 5.95 Å². The first-order chi connectivity index (χ1) is 8.33. The van der Waals surface area contributed by atoms with Crippen LogP contribution >= 0.6 is 0 Å². The van der Waals surface area contributed by atoms with Gasteiger partial charge in [0, 0.05) is 25.9 Å². The van der Waals surface area contributed by atoms with Crippen LogP contribution in [-0.2, 0) is 0 Å². The largest absolute Gasteiger partial charge is 0.373 e. The molecule has 2 aromatic rings. The third-order valence-electron chi connectivity index (χ3n) is 2.24. The number of hydrogen-bond donors (Lipinski definition) is 2. The summed E-state index contributed by atoms with van der Waals surface area (Å²) in [6, 6.07) is 7.63. The summed E-state index contributed by atoms with van der Waals surface area (Å²) in [5.74, 6) is 1.39. The molecule has 2 aromatic heterocycles. The Bertz CT molecular complexity index is 484. The number of rotatable bonds is 4. The predicted octanol–water partition coefficient (Wildman–Crippen LogP) is 2.01. The summed E-state index contributed by atoms with van der Waals surface area (Å²) in [5.41, 5.74) is 1.64. The van der Waals surface area contributed by atoms with Crippen LogP contribution in [0.15, 0.2) is 30.5 Å². The molecular weight excluding hydrogens is 214 g/mol. The first-order valence-corrected chi connectivity index (χ1v) is 5.55. The Balaban J connectivity index is 2.43. The normalized spacial score (nSPS) is 10.0. The van der Waals surface area contributed by atoms with Crippen molar-refractivity contribution in [2.75, 3.05) is 24.2 Å². The molecular formula is C12H15N5. The van der Waals surface area contributed by atoms with Gasteiger partial charge in [0.05, 0.1) is 11.4 Å². The molecule has 5 heteroatoms. The van der Waals surface area contributed by atoms with E-state index in [1.54, 1.807) is 6.20 Å². The van der Waals surface area contributed by atoms with Crippen LogP contribution in [0.3, 0.4) is 0 Å². The first-order valence-electron chi connectivity index (χ1n) is 5.55. The second kappa shape index (κ2) is 5.25.